The Morgan fingerprint density at radius 2 is 2.24 bits per heavy atom. The van der Waals surface area contributed by atoms with Crippen LogP contribution in [0.15, 0.2) is 28.7 Å². The van der Waals surface area contributed by atoms with Crippen LogP contribution in [0.4, 0.5) is 4.79 Å². The Balaban J connectivity index is 1.93. The van der Waals surface area contributed by atoms with Gasteiger partial charge in [-0.1, -0.05) is 22.0 Å². The van der Waals surface area contributed by atoms with E-state index in [-0.39, 0.29) is 0 Å². The summed E-state index contributed by atoms with van der Waals surface area (Å²) in [6.45, 7) is 5.88. The summed E-state index contributed by atoms with van der Waals surface area (Å²) in [6.07, 6.45) is 3.27. The largest absolute Gasteiger partial charge is 0.444 e. The fourth-order valence-electron chi connectivity index (χ4n) is 1.77. The Hall–Kier alpha value is -1.82. The Kier molecular flexibility index (Phi) is 4.67. The lowest BCUT2D eigenvalue weighted by atomic mass is 10.2. The smallest absolute Gasteiger partial charge is 0.407 e. The third-order valence-corrected chi connectivity index (χ3v) is 3.09. The molecule has 0 atom stereocenters. The molecule has 0 aliphatic heterocycles. The van der Waals surface area contributed by atoms with Crippen molar-refractivity contribution in [3.8, 4) is 0 Å². The minimum Gasteiger partial charge on any atom is -0.444 e. The van der Waals surface area contributed by atoms with E-state index in [1.54, 1.807) is 0 Å². The predicted octanol–water partition coefficient (Wildman–Crippen LogP) is 3.86. The van der Waals surface area contributed by atoms with Crippen molar-refractivity contribution in [3.63, 3.8) is 0 Å². The SMILES string of the molecule is CC(C)(C)OC(=O)NCC=Cc1n[nH]c2cc(Br)ccc12. The highest BCUT2D eigenvalue weighted by Crippen LogP contribution is 2.21. The Morgan fingerprint density at radius 3 is 2.95 bits per heavy atom. The number of aromatic amines is 1. The van der Waals surface area contributed by atoms with Crippen molar-refractivity contribution in [3.05, 3.63) is 34.4 Å². The average Bonchev–Trinajstić information content (AvgIpc) is 2.75. The van der Waals surface area contributed by atoms with Gasteiger partial charge < -0.3 is 10.1 Å². The summed E-state index contributed by atoms with van der Waals surface area (Å²) in [5.74, 6) is 0. The van der Waals surface area contributed by atoms with Crippen LogP contribution in [0.5, 0.6) is 0 Å². The van der Waals surface area contributed by atoms with Gasteiger partial charge in [0.15, 0.2) is 0 Å². The number of carbonyl (C=O) groups is 1. The van der Waals surface area contributed by atoms with Crippen molar-refractivity contribution in [1.29, 1.82) is 0 Å². The molecule has 0 aliphatic carbocycles. The van der Waals surface area contributed by atoms with E-state index in [1.165, 1.54) is 0 Å². The molecule has 0 saturated carbocycles. The van der Waals surface area contributed by atoms with Crippen LogP contribution in [-0.4, -0.2) is 28.4 Å². The molecule has 21 heavy (non-hydrogen) atoms. The van der Waals surface area contributed by atoms with Gasteiger partial charge in [-0.2, -0.15) is 5.10 Å². The summed E-state index contributed by atoms with van der Waals surface area (Å²) in [4.78, 5) is 11.5. The minimum absolute atomic E-state index is 0.389. The minimum atomic E-state index is -0.487. The highest BCUT2D eigenvalue weighted by molar-refractivity contribution is 9.10. The number of amides is 1. The number of hydrogen-bond donors (Lipinski definition) is 2. The first-order chi connectivity index (χ1) is 9.85. The molecule has 2 aromatic rings. The van der Waals surface area contributed by atoms with Gasteiger partial charge in [0.05, 0.1) is 11.2 Å². The first-order valence-corrected chi connectivity index (χ1v) is 7.41. The van der Waals surface area contributed by atoms with Crippen molar-refractivity contribution in [2.75, 3.05) is 6.54 Å². The highest BCUT2D eigenvalue weighted by Gasteiger charge is 2.15. The zero-order valence-corrected chi connectivity index (χ0v) is 13.8. The number of nitrogens with one attached hydrogen (secondary N) is 2. The summed E-state index contributed by atoms with van der Waals surface area (Å²) in [7, 11) is 0. The van der Waals surface area contributed by atoms with Crippen LogP contribution >= 0.6 is 15.9 Å². The molecule has 2 N–H and O–H groups in total. The van der Waals surface area contributed by atoms with E-state index < -0.39 is 11.7 Å². The van der Waals surface area contributed by atoms with Gasteiger partial charge in [-0.25, -0.2) is 4.79 Å². The van der Waals surface area contributed by atoms with Gasteiger partial charge in [0.1, 0.15) is 5.60 Å². The summed E-state index contributed by atoms with van der Waals surface area (Å²) >= 11 is 3.42. The number of aromatic nitrogens is 2. The molecule has 112 valence electrons. The number of hydrogen-bond acceptors (Lipinski definition) is 3. The number of carbonyl (C=O) groups excluding carboxylic acids is 1. The van der Waals surface area contributed by atoms with E-state index in [9.17, 15) is 4.79 Å². The van der Waals surface area contributed by atoms with Gasteiger partial charge in [0, 0.05) is 16.4 Å². The molecule has 2 rings (SSSR count). The average molecular weight is 352 g/mol. The van der Waals surface area contributed by atoms with E-state index in [1.807, 2.05) is 51.1 Å². The maximum absolute atomic E-state index is 11.5. The van der Waals surface area contributed by atoms with Crippen LogP contribution < -0.4 is 5.32 Å². The second-order valence-electron chi connectivity index (χ2n) is 5.58. The summed E-state index contributed by atoms with van der Waals surface area (Å²) in [5, 5.41) is 10.9. The summed E-state index contributed by atoms with van der Waals surface area (Å²) < 4.78 is 6.15. The molecular formula is C15H18BrN3O2. The Bertz CT molecular complexity index is 671. The van der Waals surface area contributed by atoms with Crippen LogP contribution in [0, 0.1) is 0 Å². The highest BCUT2D eigenvalue weighted by atomic mass is 79.9. The third kappa shape index (κ3) is 4.60. The van der Waals surface area contributed by atoms with Gasteiger partial charge in [-0.15, -0.1) is 0 Å². The van der Waals surface area contributed by atoms with Crippen molar-refractivity contribution < 1.29 is 9.53 Å². The second-order valence-corrected chi connectivity index (χ2v) is 6.50. The Morgan fingerprint density at radius 1 is 1.48 bits per heavy atom. The van der Waals surface area contributed by atoms with Gasteiger partial charge in [-0.3, -0.25) is 5.10 Å². The lowest BCUT2D eigenvalue weighted by Crippen LogP contribution is -2.32. The van der Waals surface area contributed by atoms with Gasteiger partial charge in [0.2, 0.25) is 0 Å². The predicted molar refractivity (Wildman–Crippen MR) is 87.1 cm³/mol. The van der Waals surface area contributed by atoms with Gasteiger partial charge >= 0.3 is 6.09 Å². The molecule has 0 saturated heterocycles. The lowest BCUT2D eigenvalue weighted by molar-refractivity contribution is 0.0534. The number of H-pyrrole nitrogens is 1. The summed E-state index contributed by atoms with van der Waals surface area (Å²) in [6, 6.07) is 5.93. The first kappa shape index (κ1) is 15.6. The molecule has 0 radical (unpaired) electrons. The molecule has 1 aromatic carbocycles. The fraction of sp³-hybridized carbons (Fsp3) is 0.333. The molecule has 1 amide bonds. The van der Waals surface area contributed by atoms with Gasteiger partial charge in [0.25, 0.3) is 0 Å². The molecule has 0 bridgehead atoms. The van der Waals surface area contributed by atoms with Crippen LogP contribution in [0.2, 0.25) is 0 Å². The normalized spacial score (nSPS) is 12.0. The quantitative estimate of drug-likeness (QED) is 0.881. The third-order valence-electron chi connectivity index (χ3n) is 2.59. The fourth-order valence-corrected chi connectivity index (χ4v) is 2.13. The number of halogens is 1. The van der Waals surface area contributed by atoms with Crippen molar-refractivity contribution in [2.24, 2.45) is 0 Å². The molecule has 6 heteroatoms. The zero-order valence-electron chi connectivity index (χ0n) is 12.2. The zero-order chi connectivity index (χ0) is 15.5. The number of alkyl carbamates (subject to hydrolysis) is 1. The number of ether oxygens (including phenoxy) is 1. The van der Waals surface area contributed by atoms with Crippen LogP contribution in [0.3, 0.4) is 0 Å². The maximum atomic E-state index is 11.5. The number of benzene rings is 1. The van der Waals surface area contributed by atoms with Crippen LogP contribution in [-0.2, 0) is 4.74 Å². The Labute approximate surface area is 131 Å². The van der Waals surface area contributed by atoms with E-state index in [2.05, 4.69) is 31.4 Å². The molecule has 0 unspecified atom stereocenters. The molecule has 0 aliphatic rings. The number of rotatable bonds is 3. The molecule has 0 fully saturated rings. The van der Waals surface area contributed by atoms with E-state index in [0.29, 0.717) is 6.54 Å². The molecular weight excluding hydrogens is 334 g/mol. The van der Waals surface area contributed by atoms with Crippen molar-refractivity contribution >= 4 is 39.0 Å². The molecule has 1 heterocycles. The summed E-state index contributed by atoms with van der Waals surface area (Å²) in [5.41, 5.74) is 1.31. The monoisotopic (exact) mass is 351 g/mol. The van der Waals surface area contributed by atoms with Crippen molar-refractivity contribution in [2.45, 2.75) is 26.4 Å². The van der Waals surface area contributed by atoms with E-state index in [0.717, 1.165) is 21.1 Å². The van der Waals surface area contributed by atoms with E-state index in [4.69, 9.17) is 4.74 Å². The second kappa shape index (κ2) is 6.30. The van der Waals surface area contributed by atoms with E-state index >= 15 is 0 Å². The topological polar surface area (TPSA) is 67.0 Å². The number of nitrogens with zero attached hydrogens (tertiary/aromatic N) is 1. The molecule has 1 aromatic heterocycles. The molecule has 0 spiro atoms. The first-order valence-electron chi connectivity index (χ1n) is 6.62. The molecule has 5 nitrogen and oxygen atoms in total. The standard InChI is InChI=1S/C15H18BrN3O2/c1-15(2,3)21-14(20)17-8-4-5-12-11-7-6-10(16)9-13(11)19-18-12/h4-7,9H,8H2,1-3H3,(H,17,20)(H,18,19). The lowest BCUT2D eigenvalue weighted by Gasteiger charge is -2.19. The van der Waals surface area contributed by atoms with Crippen molar-refractivity contribution in [1.82, 2.24) is 15.5 Å². The van der Waals surface area contributed by atoms with Crippen LogP contribution in [0.1, 0.15) is 26.5 Å². The van der Waals surface area contributed by atoms with Crippen LogP contribution in [0.25, 0.3) is 17.0 Å². The maximum Gasteiger partial charge on any atom is 0.407 e. The van der Waals surface area contributed by atoms with Gasteiger partial charge in [-0.05, 0) is 45.0 Å². The number of fused-ring (bicyclic) bond motifs is 1.